The van der Waals surface area contributed by atoms with Gasteiger partial charge in [-0.25, -0.2) is 0 Å². The molecule has 0 radical (unpaired) electrons. The molecule has 2 heterocycles. The molecule has 0 aromatic heterocycles. The fourth-order valence-electron chi connectivity index (χ4n) is 14.5. The molecule has 0 aromatic rings. The molecule has 18 nitrogen and oxygen atoms in total. The first-order valence-electron chi connectivity index (χ1n) is 48.4. The van der Waals surface area contributed by atoms with Gasteiger partial charge < -0.3 is 47.1 Å². The molecule has 2 aliphatic rings. The van der Waals surface area contributed by atoms with Crippen molar-refractivity contribution in [1.82, 2.24) is 42.1 Å². The summed E-state index contributed by atoms with van der Waals surface area (Å²) in [6.07, 6.45) is 68.1. The number of aliphatic carboxylic acids is 1. The Kier molecular flexibility index (Phi) is 97.3. The summed E-state index contributed by atoms with van der Waals surface area (Å²) in [5.74, 6) is 1.88. The van der Waals surface area contributed by atoms with Crippen LogP contribution in [0.2, 0.25) is 0 Å². The monoisotopic (exact) mass is 1910 g/mol. The minimum Gasteiger partial charge on any atom is -0.481 e. The zero-order valence-corrected chi connectivity index (χ0v) is 82.4. The van der Waals surface area contributed by atoms with Gasteiger partial charge >= 0.3 is 17.9 Å². The number of halogens is 2. The van der Waals surface area contributed by atoms with Crippen molar-refractivity contribution in [3.8, 4) is 0 Å². The van der Waals surface area contributed by atoms with Crippen molar-refractivity contribution in [3.63, 3.8) is 0 Å². The number of carbonyl (C=O) groups is 8. The number of carbonyl (C=O) groups excluding carboxylic acids is 7. The van der Waals surface area contributed by atoms with Gasteiger partial charge in [0.2, 0.25) is 29.5 Å². The summed E-state index contributed by atoms with van der Waals surface area (Å²) in [6, 6.07) is 0. The van der Waals surface area contributed by atoms with Gasteiger partial charge in [0.25, 0.3) is 0 Å². The smallest absolute Gasteiger partial charge is 0.317 e. The molecule has 2 saturated heterocycles. The van der Waals surface area contributed by atoms with Gasteiger partial charge in [-0.1, -0.05) is 371 Å². The molecule has 690 valence electrons. The highest BCUT2D eigenvalue weighted by atomic mass is 128. The second kappa shape index (κ2) is 95.4. The van der Waals surface area contributed by atoms with Crippen molar-refractivity contribution in [2.75, 3.05) is 102 Å². The number of likely N-dealkylation sites (tertiary alicyclic amines) is 1. The first-order chi connectivity index (χ1) is 56.7. The molecule has 5 amide bonds. The van der Waals surface area contributed by atoms with Crippen molar-refractivity contribution in [2.24, 2.45) is 29.6 Å². The van der Waals surface area contributed by atoms with Crippen LogP contribution in [0.4, 0.5) is 0 Å². The van der Waals surface area contributed by atoms with Gasteiger partial charge in [-0.05, 0) is 43.6 Å². The Morgan fingerprint density at radius 3 is 1.03 bits per heavy atom. The van der Waals surface area contributed by atoms with Crippen LogP contribution in [0.15, 0.2) is 0 Å². The average Bonchev–Trinajstić information content (AvgIpc) is 1.69. The Morgan fingerprint density at radius 1 is 0.405 bits per heavy atom. The van der Waals surface area contributed by atoms with Crippen molar-refractivity contribution in [2.45, 2.75) is 422 Å². The number of amides is 5. The first kappa shape index (κ1) is 118. The summed E-state index contributed by atoms with van der Waals surface area (Å²) in [5, 5.41) is 31.7. The van der Waals surface area contributed by atoms with E-state index in [-0.39, 0.29) is 74.4 Å². The molecule has 22 heteroatoms. The molecule has 116 heavy (non-hydrogen) atoms. The minimum absolute atomic E-state index is 0. The topological polar surface area (TPSA) is 253 Å². The molecular formula is C94H188I2N8O10S2. The number of hydrogen-bond acceptors (Lipinski definition) is 15. The van der Waals surface area contributed by atoms with Crippen molar-refractivity contribution in [3.05, 3.63) is 0 Å². The number of carboxylic acid groups (broad SMARTS) is 1. The first-order valence-corrected chi connectivity index (χ1v) is 57.0. The van der Waals surface area contributed by atoms with E-state index in [4.69, 9.17) is 0 Å². The molecular weight excluding hydrogens is 1720 g/mol. The van der Waals surface area contributed by atoms with Gasteiger partial charge in [0, 0.05) is 161 Å². The van der Waals surface area contributed by atoms with E-state index in [9.17, 15) is 43.5 Å². The third kappa shape index (κ3) is 80.6. The molecule has 0 bridgehead atoms. The van der Waals surface area contributed by atoms with E-state index >= 15 is 0 Å². The van der Waals surface area contributed by atoms with E-state index in [0.29, 0.717) is 58.5 Å². The Balaban J connectivity index is -0.000000563. The SMILES string of the molecule is CC.CCCCCCCCCCCCC1CC(=O)OC1=O.CCCCCCCCCCCCSCC(C)C(=O)NCCNCCNCCN1C(=O)CC(CCCCCCCCCCCC)C1=O.CCCCCCCCCCCCSCC(C)C(=O)NCCNCCNCCNC(=O)CC(CCCCCCCCCCCC)C(=O)O.II.[2HH].[2HH]. The lowest BCUT2D eigenvalue weighted by Gasteiger charge is -2.16. The Morgan fingerprint density at radius 2 is 0.698 bits per heavy atom. The quantitative estimate of drug-likeness (QED) is 0.00926. The summed E-state index contributed by atoms with van der Waals surface area (Å²) in [6.45, 7) is 27.3. The number of imide groups is 1. The second-order valence-corrected chi connectivity index (χ2v) is 35.2. The third-order valence-corrected chi connectivity index (χ3v) is 24.6. The van der Waals surface area contributed by atoms with Gasteiger partial charge in [-0.2, -0.15) is 23.5 Å². The van der Waals surface area contributed by atoms with Gasteiger partial charge in [0.1, 0.15) is 0 Å². The Bertz CT molecular complexity index is 2230. The van der Waals surface area contributed by atoms with Crippen LogP contribution < -0.4 is 37.2 Å². The van der Waals surface area contributed by atoms with Gasteiger partial charge in [-0.15, -0.1) is 0 Å². The molecule has 0 aliphatic carbocycles. The number of ether oxygens (including phenoxy) is 1. The second-order valence-electron chi connectivity index (χ2n) is 32.9. The highest BCUT2D eigenvalue weighted by Gasteiger charge is 2.37. The van der Waals surface area contributed by atoms with E-state index in [1.165, 1.54) is 294 Å². The van der Waals surface area contributed by atoms with Crippen LogP contribution in [0.3, 0.4) is 0 Å². The summed E-state index contributed by atoms with van der Waals surface area (Å²) in [4.78, 5) is 97.4. The molecule has 2 fully saturated rings. The highest BCUT2D eigenvalue weighted by Crippen LogP contribution is 2.27. The van der Waals surface area contributed by atoms with E-state index in [1.807, 2.05) is 51.2 Å². The summed E-state index contributed by atoms with van der Waals surface area (Å²) in [7, 11) is 0. The number of carboxylic acids is 1. The van der Waals surface area contributed by atoms with Crippen molar-refractivity contribution < 1.29 is 51.1 Å². The number of unbranched alkanes of at least 4 members (excludes halogenated alkanes) is 45. The highest BCUT2D eigenvalue weighted by molar-refractivity contribution is 15.0. The van der Waals surface area contributed by atoms with Crippen molar-refractivity contribution >= 4 is 108 Å². The van der Waals surface area contributed by atoms with E-state index in [2.05, 4.69) is 114 Å². The predicted molar refractivity (Wildman–Crippen MR) is 520 cm³/mol. The lowest BCUT2D eigenvalue weighted by atomic mass is 9.96. The van der Waals surface area contributed by atoms with Crippen LogP contribution in [0.5, 0.6) is 0 Å². The van der Waals surface area contributed by atoms with Crippen LogP contribution >= 0.6 is 60.8 Å². The van der Waals surface area contributed by atoms with Crippen molar-refractivity contribution in [1.29, 1.82) is 0 Å². The number of cyclic esters (lactones) is 2. The maximum absolute atomic E-state index is 12.7. The van der Waals surface area contributed by atoms with E-state index in [0.717, 1.165) is 107 Å². The number of hydrogen-bond donors (Lipinski definition) is 8. The number of rotatable bonds is 82. The maximum atomic E-state index is 12.7. The fraction of sp³-hybridized carbons (Fsp3) is 0.915. The number of nitrogens with zero attached hydrogens (tertiary/aromatic N) is 1. The zero-order chi connectivity index (χ0) is 86.1. The predicted octanol–water partition coefficient (Wildman–Crippen LogP) is 24.0. The zero-order valence-electron chi connectivity index (χ0n) is 76.4. The fourth-order valence-corrected chi connectivity index (χ4v) is 16.6. The van der Waals surface area contributed by atoms with Crippen LogP contribution in [0.1, 0.15) is 425 Å². The number of esters is 2. The van der Waals surface area contributed by atoms with Crippen LogP contribution in [0, 0.1) is 29.6 Å². The molecule has 0 aromatic carbocycles. The van der Waals surface area contributed by atoms with Crippen LogP contribution in [0.25, 0.3) is 0 Å². The molecule has 8 N–H and O–H groups in total. The van der Waals surface area contributed by atoms with Gasteiger partial charge in [-0.3, -0.25) is 43.3 Å². The Hall–Kier alpha value is -1.84. The minimum atomic E-state index is -0.871. The molecule has 5 unspecified atom stereocenters. The third-order valence-electron chi connectivity index (χ3n) is 22.0. The number of nitrogens with one attached hydrogen (secondary N) is 7. The number of thioether (sulfide) groups is 2. The van der Waals surface area contributed by atoms with E-state index in [1.54, 1.807) is 0 Å². The Labute approximate surface area is 748 Å². The average molecular weight is 1910 g/mol. The summed E-state index contributed by atoms with van der Waals surface area (Å²) >= 11 is 8.05. The largest absolute Gasteiger partial charge is 0.481 e. The summed E-state index contributed by atoms with van der Waals surface area (Å²) < 4.78 is 4.54. The molecule has 2 aliphatic heterocycles. The summed E-state index contributed by atoms with van der Waals surface area (Å²) in [5.41, 5.74) is 0. The van der Waals surface area contributed by atoms with Crippen LogP contribution in [-0.4, -0.2) is 159 Å². The van der Waals surface area contributed by atoms with Gasteiger partial charge in [0.05, 0.1) is 18.3 Å². The lowest BCUT2D eigenvalue weighted by molar-refractivity contribution is -0.153. The lowest BCUT2D eigenvalue weighted by Crippen LogP contribution is -2.40. The standard InChI is InChI=1S/C38H76N4O4S.C38H74N4O3S.C16H28O3.C2H6.I2.2H2/c1-4-6-8-10-12-14-16-18-20-22-24-35(38(45)46)32-36(43)41-29-27-39-25-26-40-28-30-42-37(44)34(3)33-47-31-23-21-19-17-15-13-11-9-7-5-2;1-4-6-8-10-12-14-16-18-20-22-24-35-32-36(43)42(38(35)45)30-29-40-26-25-39-27-28-41-37(44)34(3)33-46-31-23-21-19-17-15-13-11-9-7-5-2;1-2-3-4-5-6-7-8-9-10-11-12-14-13-15(17)19-16(14)18;2*1-2;;/h34-35,39-40H,4-33H2,1-3H3,(H,41,43)(H,42,44)(H,45,46);34-35,39-40H,4-33H2,1-3H3,(H,41,44);14H,2-13H2,1H3;1-2H3;;2*1H/i;;;;;2*1+1. The maximum Gasteiger partial charge on any atom is 0.317 e. The van der Waals surface area contributed by atoms with E-state index < -0.39 is 11.9 Å². The van der Waals surface area contributed by atoms with Gasteiger partial charge in [0.15, 0.2) is 0 Å². The molecule has 0 spiro atoms. The molecule has 5 atom stereocenters. The molecule has 0 saturated carbocycles. The van der Waals surface area contributed by atoms with Crippen LogP contribution in [-0.2, 0) is 43.1 Å². The molecule has 2 rings (SSSR count). The normalized spacial score (nSPS) is 14.5.